The maximum absolute atomic E-state index is 8.87. The van der Waals surface area contributed by atoms with Crippen LogP contribution in [0.5, 0.6) is 0 Å². The van der Waals surface area contributed by atoms with E-state index in [1.54, 1.807) is 0 Å². The van der Waals surface area contributed by atoms with Crippen molar-refractivity contribution in [3.63, 3.8) is 0 Å². The van der Waals surface area contributed by atoms with E-state index in [0.29, 0.717) is 12.0 Å². The minimum absolute atomic E-state index is 0.512. The monoisotopic (exact) mass is 310 g/mol. The minimum atomic E-state index is -0.713. The topological polar surface area (TPSA) is 32.6 Å². The second-order valence-corrected chi connectivity index (χ2v) is 6.89. The number of rotatable bonds is 1. The molecular formula is C9H13INOS-. The Bertz CT molecular complexity index is 254. The number of hydrogen-bond acceptors (Lipinski definition) is 3. The van der Waals surface area contributed by atoms with Crippen molar-refractivity contribution in [1.82, 2.24) is 0 Å². The Morgan fingerprint density at radius 2 is 2.46 bits per heavy atom. The normalized spacial score (nSPS) is 37.7. The summed E-state index contributed by atoms with van der Waals surface area (Å²) in [6, 6.07) is 0.512. The quantitative estimate of drug-likeness (QED) is 0.631. The second-order valence-electron chi connectivity index (χ2n) is 3.67. The predicted molar refractivity (Wildman–Crippen MR) is 52.1 cm³/mol. The molecule has 13 heavy (non-hydrogen) atoms. The molecule has 2 nitrogen and oxygen atoms in total. The average molecular weight is 310 g/mol. The first-order chi connectivity index (χ1) is 6.31. The molecule has 74 valence electrons. The molecule has 0 saturated heterocycles. The van der Waals surface area contributed by atoms with Gasteiger partial charge in [0, 0.05) is 0 Å². The van der Waals surface area contributed by atoms with Crippen molar-refractivity contribution in [2.45, 2.75) is 25.8 Å². The molecule has 2 aliphatic rings. The summed E-state index contributed by atoms with van der Waals surface area (Å²) in [5.74, 6) is 1.46. The molecule has 1 N–H and O–H groups in total. The summed E-state index contributed by atoms with van der Waals surface area (Å²) in [4.78, 5) is 4.64. The van der Waals surface area contributed by atoms with E-state index in [-0.39, 0.29) is 0 Å². The van der Waals surface area contributed by atoms with Crippen LogP contribution in [0.3, 0.4) is 0 Å². The number of nitrogens with zero attached hydrogens (tertiary/aromatic N) is 1. The third-order valence-electron chi connectivity index (χ3n) is 2.89. The Morgan fingerprint density at radius 1 is 1.62 bits per heavy atom. The van der Waals surface area contributed by atoms with Crippen molar-refractivity contribution >= 4 is 14.0 Å². The summed E-state index contributed by atoms with van der Waals surface area (Å²) < 4.78 is 8.87. The van der Waals surface area contributed by atoms with Gasteiger partial charge in [0.15, 0.2) is 0 Å². The predicted octanol–water partition coefficient (Wildman–Crippen LogP) is -0.986. The van der Waals surface area contributed by atoms with E-state index in [1.807, 2.05) is 0 Å². The van der Waals surface area contributed by atoms with Gasteiger partial charge in [-0.1, -0.05) is 0 Å². The fourth-order valence-electron chi connectivity index (χ4n) is 2.15. The fraction of sp³-hybridized carbons (Fsp3) is 0.667. The number of fused-ring (bicyclic) bond motifs is 1. The summed E-state index contributed by atoms with van der Waals surface area (Å²) in [5.41, 5.74) is 0. The Hall–Kier alpha value is 0.450. The van der Waals surface area contributed by atoms with E-state index in [1.165, 1.54) is 21.8 Å². The van der Waals surface area contributed by atoms with Crippen LogP contribution < -0.4 is 20.2 Å². The van der Waals surface area contributed by atoms with Crippen LogP contribution in [0.15, 0.2) is 17.1 Å². The Morgan fingerprint density at radius 3 is 3.23 bits per heavy atom. The Labute approximate surface area is 92.2 Å². The number of aliphatic imine (C=N–C) groups is 1. The molecular weight excluding hydrogens is 297 g/mol. The molecule has 3 atom stereocenters. The fourth-order valence-corrected chi connectivity index (χ4v) is 3.91. The van der Waals surface area contributed by atoms with Crippen LogP contribution in [0.4, 0.5) is 0 Å². The van der Waals surface area contributed by atoms with Gasteiger partial charge in [-0.15, -0.1) is 0 Å². The van der Waals surface area contributed by atoms with Crippen LogP contribution in [0.25, 0.3) is 0 Å². The third-order valence-corrected chi connectivity index (χ3v) is 5.30. The van der Waals surface area contributed by atoms with Crippen LogP contribution in [-0.4, -0.2) is 14.5 Å². The van der Waals surface area contributed by atoms with Crippen molar-refractivity contribution in [3.05, 3.63) is 12.2 Å². The van der Waals surface area contributed by atoms with Crippen LogP contribution >= 0.6 is 8.93 Å². The Balaban J connectivity index is 2.07. The van der Waals surface area contributed by atoms with E-state index in [2.05, 4.69) is 24.1 Å². The number of halogens is 1. The van der Waals surface area contributed by atoms with Crippen molar-refractivity contribution in [3.8, 4) is 0 Å². The molecule has 0 aromatic rings. The molecule has 0 bridgehead atoms. The first-order valence-electron chi connectivity index (χ1n) is 4.53. The summed E-state index contributed by atoms with van der Waals surface area (Å²) >= 11 is -0.713. The van der Waals surface area contributed by atoms with Crippen LogP contribution in [0.2, 0.25) is 0 Å². The van der Waals surface area contributed by atoms with Crippen molar-refractivity contribution in [1.29, 1.82) is 0 Å². The molecule has 0 spiro atoms. The zero-order valence-electron chi connectivity index (χ0n) is 7.48. The zero-order chi connectivity index (χ0) is 9.26. The summed E-state index contributed by atoms with van der Waals surface area (Å²) in [7, 11) is 1.53. The molecule has 0 radical (unpaired) electrons. The van der Waals surface area contributed by atoms with E-state index in [4.69, 9.17) is 3.44 Å². The summed E-state index contributed by atoms with van der Waals surface area (Å²) in [5, 5.41) is 1.05. The van der Waals surface area contributed by atoms with E-state index in [0.717, 1.165) is 11.0 Å². The molecule has 0 aromatic carbocycles. The molecule has 1 heterocycles. The van der Waals surface area contributed by atoms with Crippen molar-refractivity contribution in [2.75, 3.05) is 0 Å². The van der Waals surface area contributed by atoms with Gasteiger partial charge < -0.3 is 0 Å². The molecule has 2 rings (SSSR count). The Kier molecular flexibility index (Phi) is 3.31. The van der Waals surface area contributed by atoms with Crippen LogP contribution in [0, 0.1) is 11.8 Å². The molecule has 4 heteroatoms. The van der Waals surface area contributed by atoms with Gasteiger partial charge in [0.2, 0.25) is 0 Å². The van der Waals surface area contributed by atoms with E-state index in [9.17, 15) is 0 Å². The zero-order valence-corrected chi connectivity index (χ0v) is 10.5. The first kappa shape index (κ1) is 9.98. The standard InChI is InChI=1S/C9H13INOS/c1-6-2-4-8-7(6)3-5-9(11-8)13-10-12/h3,5-8,12H,2,4H2,1H3/q-1. The van der Waals surface area contributed by atoms with Gasteiger partial charge in [0.05, 0.1) is 0 Å². The third kappa shape index (κ3) is 2.10. The number of dihydropyridines is 1. The van der Waals surface area contributed by atoms with Crippen molar-refractivity contribution < 1.29 is 23.7 Å². The van der Waals surface area contributed by atoms with E-state index < -0.39 is 20.2 Å². The summed E-state index contributed by atoms with van der Waals surface area (Å²) in [6.45, 7) is 2.31. The van der Waals surface area contributed by atoms with Gasteiger partial charge in [-0.25, -0.2) is 0 Å². The van der Waals surface area contributed by atoms with Gasteiger partial charge in [-0.2, -0.15) is 0 Å². The van der Waals surface area contributed by atoms with Gasteiger partial charge in [-0.3, -0.25) is 0 Å². The SMILES string of the molecule is CC1CCC2N=C(S[I-]O)C=CC12. The van der Waals surface area contributed by atoms with E-state index >= 15 is 0 Å². The van der Waals surface area contributed by atoms with Gasteiger partial charge in [-0.05, 0) is 0 Å². The average Bonchev–Trinajstić information content (AvgIpc) is 2.48. The summed E-state index contributed by atoms with van der Waals surface area (Å²) in [6.07, 6.45) is 6.90. The molecule has 0 amide bonds. The first-order valence-corrected chi connectivity index (χ1v) is 8.85. The molecule has 1 fully saturated rings. The van der Waals surface area contributed by atoms with Gasteiger partial charge in [0.25, 0.3) is 0 Å². The van der Waals surface area contributed by atoms with Crippen LogP contribution in [-0.2, 0) is 0 Å². The van der Waals surface area contributed by atoms with Gasteiger partial charge in [0.1, 0.15) is 0 Å². The van der Waals surface area contributed by atoms with Crippen LogP contribution in [0.1, 0.15) is 19.8 Å². The molecule has 1 aliphatic heterocycles. The number of hydrogen-bond donors (Lipinski definition) is 1. The van der Waals surface area contributed by atoms with Gasteiger partial charge >= 0.3 is 92.4 Å². The maximum atomic E-state index is 8.87. The molecule has 1 saturated carbocycles. The second kappa shape index (κ2) is 4.31. The molecule has 1 aliphatic carbocycles. The van der Waals surface area contributed by atoms with Crippen molar-refractivity contribution in [2.24, 2.45) is 16.8 Å². The molecule has 0 aromatic heterocycles. The molecule has 3 unspecified atom stereocenters.